The molecule has 0 aromatic heterocycles. The molecule has 4 nitrogen and oxygen atoms in total. The average Bonchev–Trinajstić information content (AvgIpc) is 2.53. The minimum absolute atomic E-state index is 0.307. The summed E-state index contributed by atoms with van der Waals surface area (Å²) in [5.74, 6) is 0.526. The predicted octanol–water partition coefficient (Wildman–Crippen LogP) is 4.96. The quantitative estimate of drug-likeness (QED) is 0.825. The van der Waals surface area contributed by atoms with Crippen LogP contribution in [0.5, 0.6) is 11.5 Å². The first kappa shape index (κ1) is 17.4. The van der Waals surface area contributed by atoms with Crippen molar-refractivity contribution in [3.05, 3.63) is 51.5 Å². The summed E-state index contributed by atoms with van der Waals surface area (Å²) in [6.45, 7) is 4.13. The Labute approximate surface area is 145 Å². The summed E-state index contributed by atoms with van der Waals surface area (Å²) in [7, 11) is 1.50. The molecule has 0 saturated heterocycles. The molecular formula is C17H17Cl2NO3. The van der Waals surface area contributed by atoms with E-state index in [9.17, 15) is 4.79 Å². The second-order valence-corrected chi connectivity index (χ2v) is 5.60. The van der Waals surface area contributed by atoms with Crippen molar-refractivity contribution in [3.8, 4) is 11.5 Å². The SMILES string of the molecule is CCOc1c(Cl)cc(C(=O)Nc2cccc(Cl)c2C)cc1OC. The minimum Gasteiger partial charge on any atom is -0.493 e. The molecule has 0 aliphatic rings. The highest BCUT2D eigenvalue weighted by molar-refractivity contribution is 6.33. The number of hydrogen-bond donors (Lipinski definition) is 1. The molecule has 1 amide bonds. The van der Waals surface area contributed by atoms with Crippen molar-refractivity contribution in [1.29, 1.82) is 0 Å². The molecule has 1 N–H and O–H groups in total. The topological polar surface area (TPSA) is 47.6 Å². The van der Waals surface area contributed by atoms with Gasteiger partial charge in [-0.1, -0.05) is 29.3 Å². The normalized spacial score (nSPS) is 10.3. The van der Waals surface area contributed by atoms with Crippen LogP contribution < -0.4 is 14.8 Å². The van der Waals surface area contributed by atoms with E-state index in [1.165, 1.54) is 7.11 Å². The van der Waals surface area contributed by atoms with Crippen LogP contribution in [0.25, 0.3) is 0 Å². The van der Waals surface area contributed by atoms with E-state index in [-0.39, 0.29) is 5.91 Å². The number of ether oxygens (including phenoxy) is 2. The number of carbonyl (C=O) groups excluding carboxylic acids is 1. The molecule has 122 valence electrons. The Balaban J connectivity index is 2.32. The van der Waals surface area contributed by atoms with Crippen LogP contribution in [0, 0.1) is 6.92 Å². The summed E-state index contributed by atoms with van der Waals surface area (Å²) < 4.78 is 10.7. The lowest BCUT2D eigenvalue weighted by Crippen LogP contribution is -2.13. The Morgan fingerprint density at radius 2 is 1.96 bits per heavy atom. The third-order valence-electron chi connectivity index (χ3n) is 3.30. The Hall–Kier alpha value is -1.91. The number of anilines is 1. The first-order valence-electron chi connectivity index (χ1n) is 7.04. The maximum absolute atomic E-state index is 12.5. The lowest BCUT2D eigenvalue weighted by atomic mass is 10.1. The van der Waals surface area contributed by atoms with E-state index in [0.717, 1.165) is 5.56 Å². The molecule has 0 fully saturated rings. The van der Waals surface area contributed by atoms with Gasteiger partial charge in [0.15, 0.2) is 11.5 Å². The fourth-order valence-electron chi connectivity index (χ4n) is 2.07. The van der Waals surface area contributed by atoms with Crippen molar-refractivity contribution in [1.82, 2.24) is 0 Å². The smallest absolute Gasteiger partial charge is 0.255 e. The van der Waals surface area contributed by atoms with Gasteiger partial charge < -0.3 is 14.8 Å². The van der Waals surface area contributed by atoms with E-state index in [1.54, 1.807) is 30.3 Å². The zero-order valence-electron chi connectivity index (χ0n) is 13.1. The van der Waals surface area contributed by atoms with Gasteiger partial charge in [-0.05, 0) is 43.7 Å². The van der Waals surface area contributed by atoms with Gasteiger partial charge >= 0.3 is 0 Å². The summed E-state index contributed by atoms with van der Waals surface area (Å²) in [5, 5.41) is 3.73. The van der Waals surface area contributed by atoms with Gasteiger partial charge in [-0.3, -0.25) is 4.79 Å². The van der Waals surface area contributed by atoms with Gasteiger partial charge in [-0.15, -0.1) is 0 Å². The van der Waals surface area contributed by atoms with E-state index in [4.69, 9.17) is 32.7 Å². The average molecular weight is 354 g/mol. The second-order valence-electron chi connectivity index (χ2n) is 4.79. The highest BCUT2D eigenvalue weighted by atomic mass is 35.5. The molecular weight excluding hydrogens is 337 g/mol. The van der Waals surface area contributed by atoms with Crippen LogP contribution >= 0.6 is 23.2 Å². The molecule has 2 aromatic rings. The van der Waals surface area contributed by atoms with Crippen LogP contribution in [0.1, 0.15) is 22.8 Å². The van der Waals surface area contributed by atoms with Gasteiger partial charge in [0.25, 0.3) is 5.91 Å². The molecule has 0 aliphatic heterocycles. The maximum atomic E-state index is 12.5. The molecule has 2 aromatic carbocycles. The van der Waals surface area contributed by atoms with Gasteiger partial charge in [0.2, 0.25) is 0 Å². The minimum atomic E-state index is -0.307. The monoisotopic (exact) mass is 353 g/mol. The summed E-state index contributed by atoms with van der Waals surface area (Å²) in [4.78, 5) is 12.5. The Morgan fingerprint density at radius 3 is 2.61 bits per heavy atom. The lowest BCUT2D eigenvalue weighted by Gasteiger charge is -2.14. The van der Waals surface area contributed by atoms with Gasteiger partial charge in [-0.25, -0.2) is 0 Å². The molecule has 6 heteroatoms. The summed E-state index contributed by atoms with van der Waals surface area (Å²) in [6, 6.07) is 8.46. The Morgan fingerprint density at radius 1 is 1.22 bits per heavy atom. The van der Waals surface area contributed by atoms with E-state index in [0.29, 0.717) is 39.4 Å². The van der Waals surface area contributed by atoms with Crippen LogP contribution in [0.2, 0.25) is 10.0 Å². The van der Waals surface area contributed by atoms with Crippen molar-refractivity contribution in [2.24, 2.45) is 0 Å². The van der Waals surface area contributed by atoms with Crippen molar-refractivity contribution < 1.29 is 14.3 Å². The molecule has 0 heterocycles. The predicted molar refractivity (Wildman–Crippen MR) is 93.3 cm³/mol. The first-order chi connectivity index (χ1) is 11.0. The van der Waals surface area contributed by atoms with E-state index in [2.05, 4.69) is 5.32 Å². The van der Waals surface area contributed by atoms with Crippen molar-refractivity contribution >= 4 is 34.8 Å². The van der Waals surface area contributed by atoms with E-state index >= 15 is 0 Å². The van der Waals surface area contributed by atoms with Crippen molar-refractivity contribution in [2.75, 3.05) is 19.0 Å². The van der Waals surface area contributed by atoms with Crippen molar-refractivity contribution in [2.45, 2.75) is 13.8 Å². The molecule has 0 radical (unpaired) electrons. The maximum Gasteiger partial charge on any atom is 0.255 e. The molecule has 0 unspecified atom stereocenters. The number of carbonyl (C=O) groups is 1. The Kier molecular flexibility index (Phi) is 5.74. The van der Waals surface area contributed by atoms with E-state index in [1.807, 2.05) is 13.8 Å². The summed E-state index contributed by atoms with van der Waals surface area (Å²) >= 11 is 12.3. The Bertz CT molecular complexity index is 732. The molecule has 0 bridgehead atoms. The number of nitrogens with one attached hydrogen (secondary N) is 1. The zero-order valence-corrected chi connectivity index (χ0v) is 14.6. The van der Waals surface area contributed by atoms with Crippen molar-refractivity contribution in [3.63, 3.8) is 0 Å². The largest absolute Gasteiger partial charge is 0.493 e. The third kappa shape index (κ3) is 3.89. The number of halogens is 2. The second kappa shape index (κ2) is 7.57. The third-order valence-corrected chi connectivity index (χ3v) is 3.99. The van der Waals surface area contributed by atoms with Crippen LogP contribution in [0.15, 0.2) is 30.3 Å². The summed E-state index contributed by atoms with van der Waals surface area (Å²) in [6.07, 6.45) is 0. The van der Waals surface area contributed by atoms with Crippen LogP contribution in [0.3, 0.4) is 0 Å². The van der Waals surface area contributed by atoms with Gasteiger partial charge in [0.1, 0.15) is 0 Å². The van der Waals surface area contributed by atoms with Crippen LogP contribution in [-0.2, 0) is 0 Å². The first-order valence-corrected chi connectivity index (χ1v) is 7.80. The van der Waals surface area contributed by atoms with Gasteiger partial charge in [-0.2, -0.15) is 0 Å². The van der Waals surface area contributed by atoms with E-state index < -0.39 is 0 Å². The van der Waals surface area contributed by atoms with Crippen LogP contribution in [-0.4, -0.2) is 19.6 Å². The molecule has 0 atom stereocenters. The summed E-state index contributed by atoms with van der Waals surface area (Å²) in [5.41, 5.74) is 1.81. The lowest BCUT2D eigenvalue weighted by molar-refractivity contribution is 0.102. The molecule has 0 spiro atoms. The molecule has 0 aliphatic carbocycles. The highest BCUT2D eigenvalue weighted by Crippen LogP contribution is 2.36. The van der Waals surface area contributed by atoms with Crippen LogP contribution in [0.4, 0.5) is 5.69 Å². The molecule has 2 rings (SSSR count). The standard InChI is InChI=1S/C17H17Cl2NO3/c1-4-23-16-13(19)8-11(9-15(16)22-3)17(21)20-14-7-5-6-12(18)10(14)2/h5-9H,4H2,1-3H3,(H,20,21). The molecule has 23 heavy (non-hydrogen) atoms. The number of benzene rings is 2. The fraction of sp³-hybridized carbons (Fsp3) is 0.235. The molecule has 0 saturated carbocycles. The number of amides is 1. The fourth-order valence-corrected chi connectivity index (χ4v) is 2.51. The highest BCUT2D eigenvalue weighted by Gasteiger charge is 2.16. The zero-order chi connectivity index (χ0) is 17.0. The number of methoxy groups -OCH3 is 1. The van der Waals surface area contributed by atoms with Gasteiger partial charge in [0, 0.05) is 16.3 Å². The van der Waals surface area contributed by atoms with Gasteiger partial charge in [0.05, 0.1) is 18.7 Å². The number of rotatable bonds is 5. The number of hydrogen-bond acceptors (Lipinski definition) is 3.